The molecule has 2 amide bonds. The molecule has 3 aromatic rings. The summed E-state index contributed by atoms with van der Waals surface area (Å²) in [6.07, 6.45) is -0.536. The Bertz CT molecular complexity index is 1240. The van der Waals surface area contributed by atoms with E-state index in [-0.39, 0.29) is 25.2 Å². The van der Waals surface area contributed by atoms with Crippen LogP contribution in [0.2, 0.25) is 0 Å². The number of aryl methyl sites for hydroxylation is 2. The van der Waals surface area contributed by atoms with Gasteiger partial charge >= 0.3 is 5.97 Å². The number of nitrogens with zero attached hydrogens (tertiary/aromatic N) is 1. The number of fused-ring (bicyclic) bond motifs is 1. The highest BCUT2D eigenvalue weighted by molar-refractivity contribution is 6.21. The number of carboxylic acid groups (broad SMARTS) is 1. The fourth-order valence-corrected chi connectivity index (χ4v) is 4.34. The van der Waals surface area contributed by atoms with Crippen LogP contribution in [0.4, 0.5) is 4.39 Å². The summed E-state index contributed by atoms with van der Waals surface area (Å²) in [7, 11) is 0. The van der Waals surface area contributed by atoms with Gasteiger partial charge < -0.3 is 10.2 Å². The lowest BCUT2D eigenvalue weighted by Crippen LogP contribution is -2.36. The molecule has 6 nitrogen and oxygen atoms in total. The first kappa shape index (κ1) is 24.3. The summed E-state index contributed by atoms with van der Waals surface area (Å²) in [6.45, 7) is 1.62. The maximum absolute atomic E-state index is 13.9. The number of amides is 2. The molecule has 1 aliphatic rings. The number of halogens is 1. The first-order valence-corrected chi connectivity index (χ1v) is 11.5. The summed E-state index contributed by atoms with van der Waals surface area (Å²) in [5, 5.41) is 20.2. The highest BCUT2D eigenvalue weighted by atomic mass is 19.1. The first-order chi connectivity index (χ1) is 16.8. The fraction of sp³-hybridized carbons (Fsp3) is 0.250. The van der Waals surface area contributed by atoms with Gasteiger partial charge in [0.25, 0.3) is 11.8 Å². The number of rotatable bonds is 9. The number of benzene rings is 3. The van der Waals surface area contributed by atoms with Crippen molar-refractivity contribution in [2.24, 2.45) is 5.92 Å². The van der Waals surface area contributed by atoms with Crippen molar-refractivity contribution >= 4 is 17.8 Å². The molecule has 7 heteroatoms. The van der Waals surface area contributed by atoms with Crippen molar-refractivity contribution in [1.29, 1.82) is 0 Å². The van der Waals surface area contributed by atoms with Crippen molar-refractivity contribution in [2.45, 2.75) is 32.3 Å². The molecule has 0 radical (unpaired) electrons. The van der Waals surface area contributed by atoms with Crippen molar-refractivity contribution in [2.75, 3.05) is 6.54 Å². The van der Waals surface area contributed by atoms with Crippen LogP contribution < -0.4 is 0 Å². The minimum atomic E-state index is -1.18. The summed E-state index contributed by atoms with van der Waals surface area (Å²) in [6, 6.07) is 19.0. The molecule has 1 heterocycles. The molecular formula is C28H26FNO5. The lowest BCUT2D eigenvalue weighted by molar-refractivity contribution is -0.146. The summed E-state index contributed by atoms with van der Waals surface area (Å²) in [5.74, 6) is -3.45. The zero-order chi connectivity index (χ0) is 25.1. The van der Waals surface area contributed by atoms with Gasteiger partial charge in [0, 0.05) is 6.54 Å². The van der Waals surface area contributed by atoms with Gasteiger partial charge in [0.2, 0.25) is 0 Å². The highest BCUT2D eigenvalue weighted by Gasteiger charge is 2.36. The molecule has 2 N–H and O–H groups in total. The van der Waals surface area contributed by atoms with Gasteiger partial charge in [-0.2, -0.15) is 0 Å². The maximum atomic E-state index is 13.9. The summed E-state index contributed by atoms with van der Waals surface area (Å²) >= 11 is 0. The molecule has 0 saturated heterocycles. The van der Waals surface area contributed by atoms with Crippen LogP contribution in [0.15, 0.2) is 66.7 Å². The number of carbonyl (C=O) groups is 3. The van der Waals surface area contributed by atoms with Gasteiger partial charge in [-0.15, -0.1) is 0 Å². The first-order valence-electron chi connectivity index (χ1n) is 11.5. The van der Waals surface area contributed by atoms with E-state index in [0.717, 1.165) is 21.6 Å². The average molecular weight is 476 g/mol. The van der Waals surface area contributed by atoms with Crippen LogP contribution in [-0.2, 0) is 11.2 Å². The topological polar surface area (TPSA) is 94.9 Å². The second-order valence-electron chi connectivity index (χ2n) is 8.81. The van der Waals surface area contributed by atoms with E-state index in [1.54, 1.807) is 37.3 Å². The fourth-order valence-electron chi connectivity index (χ4n) is 4.34. The summed E-state index contributed by atoms with van der Waals surface area (Å²) in [5.41, 5.74) is 3.72. The third-order valence-corrected chi connectivity index (χ3v) is 6.51. The van der Waals surface area contributed by atoms with Crippen LogP contribution in [0.1, 0.15) is 44.7 Å². The normalized spacial score (nSPS) is 14.7. The van der Waals surface area contributed by atoms with Crippen LogP contribution in [0.3, 0.4) is 0 Å². The average Bonchev–Trinajstić information content (AvgIpc) is 3.09. The number of aliphatic carboxylic acids is 1. The van der Waals surface area contributed by atoms with Crippen molar-refractivity contribution in [3.63, 3.8) is 0 Å². The Kier molecular flexibility index (Phi) is 7.07. The largest absolute Gasteiger partial charge is 0.481 e. The van der Waals surface area contributed by atoms with Crippen LogP contribution >= 0.6 is 0 Å². The molecule has 2 atom stereocenters. The van der Waals surface area contributed by atoms with Gasteiger partial charge in [-0.3, -0.25) is 19.3 Å². The highest BCUT2D eigenvalue weighted by Crippen LogP contribution is 2.26. The Labute approximate surface area is 202 Å². The van der Waals surface area contributed by atoms with E-state index in [1.165, 1.54) is 6.07 Å². The molecule has 35 heavy (non-hydrogen) atoms. The Morgan fingerprint density at radius 2 is 1.51 bits per heavy atom. The monoisotopic (exact) mass is 475 g/mol. The second-order valence-corrected chi connectivity index (χ2v) is 8.81. The van der Waals surface area contributed by atoms with Gasteiger partial charge in [-0.1, -0.05) is 48.5 Å². The predicted molar refractivity (Wildman–Crippen MR) is 128 cm³/mol. The van der Waals surface area contributed by atoms with E-state index in [1.807, 2.05) is 30.3 Å². The van der Waals surface area contributed by atoms with Crippen molar-refractivity contribution in [3.8, 4) is 11.1 Å². The smallest absolute Gasteiger partial charge is 0.309 e. The lowest BCUT2D eigenvalue weighted by atomic mass is 9.93. The van der Waals surface area contributed by atoms with Crippen LogP contribution in [0, 0.1) is 18.7 Å². The van der Waals surface area contributed by atoms with Crippen LogP contribution in [-0.4, -0.2) is 45.5 Å². The van der Waals surface area contributed by atoms with Crippen LogP contribution in [0.25, 0.3) is 11.1 Å². The molecule has 3 aromatic carbocycles. The molecule has 0 aromatic heterocycles. The maximum Gasteiger partial charge on any atom is 0.309 e. The number of carbonyl (C=O) groups excluding carboxylic acids is 2. The van der Waals surface area contributed by atoms with E-state index in [0.29, 0.717) is 23.1 Å². The zero-order valence-corrected chi connectivity index (χ0v) is 19.3. The SMILES string of the molecule is Cc1ccc(-c2ccc(CC[C@@H](O)[C@@H](CCN3C(=O)c4ccccc4C3=O)C(=O)O)cc2)cc1F. The Balaban J connectivity index is 1.35. The number of aliphatic hydroxyl groups excluding tert-OH is 1. The number of imide groups is 1. The molecular weight excluding hydrogens is 449 g/mol. The number of hydrogen-bond acceptors (Lipinski definition) is 4. The van der Waals surface area contributed by atoms with Crippen molar-refractivity contribution < 1.29 is 29.0 Å². The Morgan fingerprint density at radius 1 is 0.914 bits per heavy atom. The standard InChI is InChI=1S/C28H26FNO5/c1-17-6-10-20(16-24(17)29)19-11-7-18(8-12-19)9-13-25(31)23(28(34)35)14-15-30-26(32)21-4-2-3-5-22(21)27(30)33/h2-8,10-12,16,23,25,31H,9,13-15H2,1H3,(H,34,35)/t23-,25-/m1/s1. The predicted octanol–water partition coefficient (Wildman–Crippen LogP) is 4.48. The molecule has 0 spiro atoms. The Morgan fingerprint density at radius 3 is 2.09 bits per heavy atom. The van der Waals surface area contributed by atoms with E-state index < -0.39 is 29.8 Å². The molecule has 1 aliphatic heterocycles. The quantitative estimate of drug-likeness (QED) is 0.445. The molecule has 0 saturated carbocycles. The summed E-state index contributed by atoms with van der Waals surface area (Å²) < 4.78 is 13.9. The van der Waals surface area contributed by atoms with Crippen molar-refractivity contribution in [3.05, 3.63) is 94.8 Å². The van der Waals surface area contributed by atoms with E-state index in [4.69, 9.17) is 0 Å². The van der Waals surface area contributed by atoms with E-state index in [2.05, 4.69) is 0 Å². The van der Waals surface area contributed by atoms with Gasteiger partial charge in [-0.25, -0.2) is 4.39 Å². The van der Waals surface area contributed by atoms with E-state index >= 15 is 0 Å². The molecule has 0 aliphatic carbocycles. The van der Waals surface area contributed by atoms with Gasteiger partial charge in [0.1, 0.15) is 5.82 Å². The molecule has 180 valence electrons. The zero-order valence-electron chi connectivity index (χ0n) is 19.3. The molecule has 4 rings (SSSR count). The number of hydrogen-bond donors (Lipinski definition) is 2. The molecule has 0 fully saturated rings. The van der Waals surface area contributed by atoms with Crippen LogP contribution in [0.5, 0.6) is 0 Å². The lowest BCUT2D eigenvalue weighted by Gasteiger charge is -2.22. The van der Waals surface area contributed by atoms with Crippen molar-refractivity contribution in [1.82, 2.24) is 4.90 Å². The van der Waals surface area contributed by atoms with Gasteiger partial charge in [0.15, 0.2) is 0 Å². The minimum absolute atomic E-state index is 0.0418. The molecule has 0 unspecified atom stereocenters. The summed E-state index contributed by atoms with van der Waals surface area (Å²) in [4.78, 5) is 37.9. The minimum Gasteiger partial charge on any atom is -0.481 e. The third kappa shape index (κ3) is 5.15. The third-order valence-electron chi connectivity index (χ3n) is 6.51. The van der Waals surface area contributed by atoms with E-state index in [9.17, 15) is 29.0 Å². The van der Waals surface area contributed by atoms with Gasteiger partial charge in [-0.05, 0) is 66.6 Å². The van der Waals surface area contributed by atoms with Gasteiger partial charge in [0.05, 0.1) is 23.1 Å². The number of aliphatic hydroxyl groups is 1. The Hall–Kier alpha value is -3.84. The number of carboxylic acids is 1. The second kappa shape index (κ2) is 10.2. The molecule has 0 bridgehead atoms.